The van der Waals surface area contributed by atoms with Crippen molar-refractivity contribution in [2.45, 2.75) is 25.8 Å². The first-order valence-corrected chi connectivity index (χ1v) is 8.73. The molecule has 2 aromatic carbocycles. The van der Waals surface area contributed by atoms with Gasteiger partial charge in [-0.1, -0.05) is 23.7 Å². The van der Waals surface area contributed by atoms with Crippen LogP contribution in [0, 0.1) is 11.7 Å². The molecule has 1 heterocycles. The molecule has 2 N–H and O–H groups in total. The summed E-state index contributed by atoms with van der Waals surface area (Å²) in [6.07, 6.45) is 2.52. The summed E-state index contributed by atoms with van der Waals surface area (Å²) < 4.78 is 13.3. The van der Waals surface area contributed by atoms with Gasteiger partial charge < -0.3 is 10.6 Å². The predicted molar refractivity (Wildman–Crippen MR) is 100 cm³/mol. The van der Waals surface area contributed by atoms with Crippen molar-refractivity contribution in [3.05, 3.63) is 53.3 Å². The molecule has 1 aliphatic rings. The molecule has 3 aromatic rings. The highest BCUT2D eigenvalue weighted by Gasteiger charge is 2.28. The van der Waals surface area contributed by atoms with E-state index < -0.39 is 5.82 Å². The van der Waals surface area contributed by atoms with Crippen molar-refractivity contribution in [1.29, 1.82) is 0 Å². The van der Waals surface area contributed by atoms with Crippen LogP contribution in [-0.2, 0) is 0 Å². The second kappa shape index (κ2) is 6.48. The van der Waals surface area contributed by atoms with Gasteiger partial charge >= 0.3 is 0 Å². The number of anilines is 3. The Morgan fingerprint density at radius 1 is 1.16 bits per heavy atom. The van der Waals surface area contributed by atoms with Crippen molar-refractivity contribution in [2.75, 3.05) is 10.6 Å². The third kappa shape index (κ3) is 3.51. The van der Waals surface area contributed by atoms with Crippen LogP contribution in [0.4, 0.5) is 21.8 Å². The van der Waals surface area contributed by atoms with Crippen molar-refractivity contribution < 1.29 is 4.39 Å². The zero-order chi connectivity index (χ0) is 17.4. The van der Waals surface area contributed by atoms with E-state index in [2.05, 4.69) is 27.5 Å². The molecule has 0 spiro atoms. The van der Waals surface area contributed by atoms with Gasteiger partial charge in [-0.3, -0.25) is 0 Å². The van der Waals surface area contributed by atoms with Gasteiger partial charge in [-0.15, -0.1) is 0 Å². The van der Waals surface area contributed by atoms with E-state index in [1.54, 1.807) is 6.07 Å². The topological polar surface area (TPSA) is 49.8 Å². The number of halogens is 2. The van der Waals surface area contributed by atoms with Crippen molar-refractivity contribution in [1.82, 2.24) is 9.97 Å². The largest absolute Gasteiger partial charge is 0.367 e. The van der Waals surface area contributed by atoms with Crippen LogP contribution in [-0.4, -0.2) is 16.0 Å². The molecule has 128 valence electrons. The molecule has 0 radical (unpaired) electrons. The molecular formula is C19H18ClFN4. The van der Waals surface area contributed by atoms with E-state index in [1.807, 2.05) is 24.3 Å². The van der Waals surface area contributed by atoms with Crippen LogP contribution < -0.4 is 10.6 Å². The summed E-state index contributed by atoms with van der Waals surface area (Å²) in [7, 11) is 0. The Bertz CT molecular complexity index is 926. The first-order valence-electron chi connectivity index (χ1n) is 8.35. The normalized spacial score (nSPS) is 15.2. The number of nitrogens with zero attached hydrogens (tertiary/aromatic N) is 2. The quantitative estimate of drug-likeness (QED) is 0.644. The van der Waals surface area contributed by atoms with Crippen LogP contribution in [0.15, 0.2) is 42.5 Å². The number of hydrogen-bond donors (Lipinski definition) is 2. The van der Waals surface area contributed by atoms with Crippen LogP contribution >= 0.6 is 11.6 Å². The van der Waals surface area contributed by atoms with Crippen molar-refractivity contribution >= 4 is 40.0 Å². The summed E-state index contributed by atoms with van der Waals surface area (Å²) in [4.78, 5) is 9.18. The van der Waals surface area contributed by atoms with Crippen molar-refractivity contribution in [3.63, 3.8) is 0 Å². The molecule has 1 saturated carbocycles. The summed E-state index contributed by atoms with van der Waals surface area (Å²) in [5.41, 5.74) is 1.49. The zero-order valence-electron chi connectivity index (χ0n) is 13.8. The Balaban J connectivity index is 1.69. The maximum absolute atomic E-state index is 13.3. The van der Waals surface area contributed by atoms with E-state index in [-0.39, 0.29) is 5.02 Å². The molecule has 0 amide bonds. The van der Waals surface area contributed by atoms with Crippen LogP contribution in [0.2, 0.25) is 5.02 Å². The number of rotatable bonds is 5. The van der Waals surface area contributed by atoms with Gasteiger partial charge in [0.1, 0.15) is 11.6 Å². The van der Waals surface area contributed by atoms with Crippen LogP contribution in [0.25, 0.3) is 10.9 Å². The van der Waals surface area contributed by atoms with Gasteiger partial charge in [-0.05, 0) is 56.0 Å². The minimum atomic E-state index is -0.452. The van der Waals surface area contributed by atoms with E-state index in [4.69, 9.17) is 11.6 Å². The molecule has 1 fully saturated rings. The second-order valence-corrected chi connectivity index (χ2v) is 6.84. The zero-order valence-corrected chi connectivity index (χ0v) is 14.5. The number of nitrogens with one attached hydrogen (secondary N) is 2. The van der Waals surface area contributed by atoms with Gasteiger partial charge in [0.2, 0.25) is 5.95 Å². The van der Waals surface area contributed by atoms with E-state index in [1.165, 1.54) is 25.0 Å². The van der Waals surface area contributed by atoms with Gasteiger partial charge in [-0.2, -0.15) is 4.98 Å². The summed E-state index contributed by atoms with van der Waals surface area (Å²) in [6.45, 7) is 2.18. The van der Waals surface area contributed by atoms with E-state index in [0.29, 0.717) is 23.6 Å². The highest BCUT2D eigenvalue weighted by molar-refractivity contribution is 6.31. The van der Waals surface area contributed by atoms with Crippen LogP contribution in [0.1, 0.15) is 19.8 Å². The fraction of sp³-hybridized carbons (Fsp3) is 0.263. The molecule has 1 atom stereocenters. The van der Waals surface area contributed by atoms with Crippen molar-refractivity contribution in [3.8, 4) is 0 Å². The lowest BCUT2D eigenvalue weighted by molar-refractivity contribution is 0.628. The molecule has 0 unspecified atom stereocenters. The molecule has 1 aromatic heterocycles. The number of para-hydroxylation sites is 1. The molecule has 4 nitrogen and oxygen atoms in total. The van der Waals surface area contributed by atoms with Crippen LogP contribution in [0.3, 0.4) is 0 Å². The summed E-state index contributed by atoms with van der Waals surface area (Å²) in [5.74, 6) is 1.51. The lowest BCUT2D eigenvalue weighted by atomic mass is 10.2. The molecule has 4 rings (SSSR count). The van der Waals surface area contributed by atoms with E-state index in [9.17, 15) is 4.39 Å². The summed E-state index contributed by atoms with van der Waals surface area (Å²) in [6, 6.07) is 12.7. The standard InChI is InChI=1S/C19H18ClFN4/c1-11(12-6-7-12)22-18-14-4-2-3-5-17(14)24-19(25-18)23-13-8-9-16(21)15(20)10-13/h2-5,8-12H,6-7H2,1H3,(H2,22,23,24,25)/t11-/m0/s1. The Labute approximate surface area is 150 Å². The summed E-state index contributed by atoms with van der Waals surface area (Å²) in [5, 5.41) is 7.67. The van der Waals surface area contributed by atoms with E-state index >= 15 is 0 Å². The second-order valence-electron chi connectivity index (χ2n) is 6.44. The van der Waals surface area contributed by atoms with Gasteiger partial charge in [0.25, 0.3) is 0 Å². The van der Waals surface area contributed by atoms with Gasteiger partial charge in [0.05, 0.1) is 10.5 Å². The number of fused-ring (bicyclic) bond motifs is 1. The minimum Gasteiger partial charge on any atom is -0.367 e. The van der Waals surface area contributed by atoms with Gasteiger partial charge in [0.15, 0.2) is 0 Å². The Kier molecular flexibility index (Phi) is 4.17. The first kappa shape index (κ1) is 16.1. The lowest BCUT2D eigenvalue weighted by Gasteiger charge is -2.16. The van der Waals surface area contributed by atoms with Crippen molar-refractivity contribution in [2.24, 2.45) is 5.92 Å². The third-order valence-electron chi connectivity index (χ3n) is 4.47. The van der Waals surface area contributed by atoms with Gasteiger partial charge in [0, 0.05) is 17.1 Å². The maximum Gasteiger partial charge on any atom is 0.229 e. The molecular weight excluding hydrogens is 339 g/mol. The van der Waals surface area contributed by atoms with Gasteiger partial charge in [-0.25, -0.2) is 9.37 Å². The highest BCUT2D eigenvalue weighted by atomic mass is 35.5. The smallest absolute Gasteiger partial charge is 0.229 e. The maximum atomic E-state index is 13.3. The minimum absolute atomic E-state index is 0.0616. The molecule has 0 saturated heterocycles. The summed E-state index contributed by atoms with van der Waals surface area (Å²) >= 11 is 5.85. The number of aromatic nitrogens is 2. The van der Waals surface area contributed by atoms with E-state index in [0.717, 1.165) is 16.7 Å². The fourth-order valence-corrected chi connectivity index (χ4v) is 3.06. The van der Waals surface area contributed by atoms with Crippen LogP contribution in [0.5, 0.6) is 0 Å². The number of hydrogen-bond acceptors (Lipinski definition) is 4. The monoisotopic (exact) mass is 356 g/mol. The third-order valence-corrected chi connectivity index (χ3v) is 4.76. The average molecular weight is 357 g/mol. The molecule has 1 aliphatic carbocycles. The average Bonchev–Trinajstić information content (AvgIpc) is 3.43. The molecule has 6 heteroatoms. The SMILES string of the molecule is C[C@H](Nc1nc(Nc2ccc(F)c(Cl)c2)nc2ccccc12)C1CC1. The molecule has 25 heavy (non-hydrogen) atoms. The fourth-order valence-electron chi connectivity index (χ4n) is 2.88. The molecule has 0 bridgehead atoms. The Hall–Kier alpha value is -2.40. The Morgan fingerprint density at radius 2 is 1.96 bits per heavy atom. The first-order chi connectivity index (χ1) is 12.1. The molecule has 0 aliphatic heterocycles. The lowest BCUT2D eigenvalue weighted by Crippen LogP contribution is -2.19. The Morgan fingerprint density at radius 3 is 2.72 bits per heavy atom. The number of benzene rings is 2. The predicted octanol–water partition coefficient (Wildman–Crippen LogP) is 5.38. The highest BCUT2D eigenvalue weighted by Crippen LogP contribution is 2.35.